The average Bonchev–Trinajstić information content (AvgIpc) is 2.38. The van der Waals surface area contributed by atoms with Crippen LogP contribution in [0.1, 0.15) is 40.0 Å². The average molecular weight is 285 g/mol. The fraction of sp³-hybridized carbons (Fsp3) is 0.857. The Balaban J connectivity index is 2.34. The highest BCUT2D eigenvalue weighted by Gasteiger charge is 2.25. The summed E-state index contributed by atoms with van der Waals surface area (Å²) in [4.78, 5) is 25.3. The van der Waals surface area contributed by atoms with Crippen molar-refractivity contribution in [2.75, 3.05) is 19.6 Å². The van der Waals surface area contributed by atoms with Crippen molar-refractivity contribution in [1.29, 1.82) is 0 Å². The second-order valence-electron chi connectivity index (χ2n) is 5.79. The number of nitrogens with zero attached hydrogens (tertiary/aromatic N) is 1. The number of carboxylic acid groups (broad SMARTS) is 1. The summed E-state index contributed by atoms with van der Waals surface area (Å²) in [6, 6.07) is -1.07. The number of likely N-dealkylation sites (tertiary alicyclic amines) is 1. The molecule has 6 nitrogen and oxygen atoms in total. The molecule has 0 aromatic carbocycles. The van der Waals surface area contributed by atoms with E-state index in [-0.39, 0.29) is 18.0 Å². The lowest BCUT2D eigenvalue weighted by Crippen LogP contribution is -2.53. The van der Waals surface area contributed by atoms with Gasteiger partial charge in [-0.15, -0.1) is 0 Å². The monoisotopic (exact) mass is 285 g/mol. The molecule has 0 bridgehead atoms. The van der Waals surface area contributed by atoms with Gasteiger partial charge in [-0.25, -0.2) is 9.59 Å². The Hall–Kier alpha value is -1.30. The molecule has 0 aromatic heterocycles. The third-order valence-electron chi connectivity index (χ3n) is 3.68. The molecule has 1 heterocycles. The molecule has 2 amide bonds. The zero-order valence-electron chi connectivity index (χ0n) is 12.7. The summed E-state index contributed by atoms with van der Waals surface area (Å²) in [5, 5.41) is 14.5. The molecule has 1 rings (SSSR count). The quantitative estimate of drug-likeness (QED) is 0.686. The molecule has 6 heteroatoms. The first-order valence-electron chi connectivity index (χ1n) is 7.46. The first-order chi connectivity index (χ1) is 9.43. The van der Waals surface area contributed by atoms with Crippen LogP contribution in [-0.2, 0) is 4.79 Å². The molecule has 20 heavy (non-hydrogen) atoms. The van der Waals surface area contributed by atoms with E-state index in [0.717, 1.165) is 38.9 Å². The molecule has 0 aliphatic carbocycles. The van der Waals surface area contributed by atoms with E-state index >= 15 is 0 Å². The molecule has 0 aromatic rings. The van der Waals surface area contributed by atoms with Crippen molar-refractivity contribution in [3.63, 3.8) is 0 Å². The Morgan fingerprint density at radius 3 is 2.35 bits per heavy atom. The van der Waals surface area contributed by atoms with E-state index in [2.05, 4.69) is 22.5 Å². The molecular weight excluding hydrogens is 258 g/mol. The first kappa shape index (κ1) is 16.8. The maximum atomic E-state index is 11.8. The number of carbonyl (C=O) groups excluding carboxylic acids is 1. The van der Waals surface area contributed by atoms with E-state index in [4.69, 9.17) is 5.11 Å². The highest BCUT2D eigenvalue weighted by molar-refractivity contribution is 5.82. The zero-order valence-corrected chi connectivity index (χ0v) is 12.7. The van der Waals surface area contributed by atoms with Gasteiger partial charge < -0.3 is 20.6 Å². The van der Waals surface area contributed by atoms with Gasteiger partial charge in [-0.3, -0.25) is 0 Å². The Kier molecular flexibility index (Phi) is 6.78. The molecule has 1 aliphatic rings. The van der Waals surface area contributed by atoms with Gasteiger partial charge in [0.2, 0.25) is 0 Å². The van der Waals surface area contributed by atoms with Crippen molar-refractivity contribution in [2.24, 2.45) is 5.92 Å². The number of nitrogens with one attached hydrogen (secondary N) is 2. The molecule has 3 N–H and O–H groups in total. The van der Waals surface area contributed by atoms with Crippen LogP contribution in [0.4, 0.5) is 4.79 Å². The largest absolute Gasteiger partial charge is 0.480 e. The summed E-state index contributed by atoms with van der Waals surface area (Å²) in [7, 11) is 0. The standard InChI is InChI=1S/C14H27N3O3/c1-4-7-17-8-5-11(6-9-17)15-14(20)16-12(10(2)3)13(18)19/h10-12H,4-9H2,1-3H3,(H,18,19)(H2,15,16,20)/t12-/m1/s1. The number of amides is 2. The third kappa shape index (κ3) is 5.36. The molecule has 1 atom stereocenters. The summed E-state index contributed by atoms with van der Waals surface area (Å²) >= 11 is 0. The molecule has 1 fully saturated rings. The second-order valence-corrected chi connectivity index (χ2v) is 5.79. The van der Waals surface area contributed by atoms with E-state index < -0.39 is 12.0 Å². The Labute approximate surface area is 120 Å². The number of aliphatic carboxylic acids is 1. The normalized spacial score (nSPS) is 18.8. The molecule has 1 aliphatic heterocycles. The maximum absolute atomic E-state index is 11.8. The van der Waals surface area contributed by atoms with E-state index in [1.165, 1.54) is 0 Å². The van der Waals surface area contributed by atoms with Crippen molar-refractivity contribution in [3.8, 4) is 0 Å². The minimum atomic E-state index is -0.993. The van der Waals surface area contributed by atoms with Crippen molar-refractivity contribution >= 4 is 12.0 Å². The lowest BCUT2D eigenvalue weighted by molar-refractivity contribution is -0.140. The number of hydrogen-bond donors (Lipinski definition) is 3. The molecule has 0 spiro atoms. The van der Waals surface area contributed by atoms with Crippen LogP contribution in [0.15, 0.2) is 0 Å². The van der Waals surface area contributed by atoms with Gasteiger partial charge in [0.25, 0.3) is 0 Å². The van der Waals surface area contributed by atoms with Crippen LogP contribution >= 0.6 is 0 Å². The van der Waals surface area contributed by atoms with Crippen molar-refractivity contribution < 1.29 is 14.7 Å². The van der Waals surface area contributed by atoms with Gasteiger partial charge in [0.15, 0.2) is 0 Å². The predicted octanol–water partition coefficient (Wildman–Crippen LogP) is 1.27. The van der Waals surface area contributed by atoms with Gasteiger partial charge in [0.1, 0.15) is 6.04 Å². The lowest BCUT2D eigenvalue weighted by Gasteiger charge is -2.32. The van der Waals surface area contributed by atoms with Crippen molar-refractivity contribution in [2.45, 2.75) is 52.1 Å². The Morgan fingerprint density at radius 1 is 1.30 bits per heavy atom. The predicted molar refractivity (Wildman–Crippen MR) is 77.7 cm³/mol. The fourth-order valence-electron chi connectivity index (χ4n) is 2.50. The molecule has 0 unspecified atom stereocenters. The topological polar surface area (TPSA) is 81.7 Å². The number of carbonyl (C=O) groups is 2. The summed E-state index contributed by atoms with van der Waals surface area (Å²) in [5.41, 5.74) is 0. The van der Waals surface area contributed by atoms with Gasteiger partial charge >= 0.3 is 12.0 Å². The number of piperidine rings is 1. The first-order valence-corrected chi connectivity index (χ1v) is 7.46. The van der Waals surface area contributed by atoms with Crippen LogP contribution in [0.3, 0.4) is 0 Å². The Bertz CT molecular complexity index is 326. The van der Waals surface area contributed by atoms with Gasteiger partial charge in [0, 0.05) is 19.1 Å². The van der Waals surface area contributed by atoms with E-state index in [1.807, 2.05) is 0 Å². The van der Waals surface area contributed by atoms with E-state index in [0.29, 0.717) is 0 Å². The van der Waals surface area contributed by atoms with Crippen LogP contribution in [0.25, 0.3) is 0 Å². The molecule has 0 saturated carbocycles. The summed E-state index contributed by atoms with van der Waals surface area (Å²) in [5.74, 6) is -1.13. The number of carboxylic acids is 1. The number of hydrogen-bond acceptors (Lipinski definition) is 3. The highest BCUT2D eigenvalue weighted by Crippen LogP contribution is 2.10. The van der Waals surface area contributed by atoms with Crippen LogP contribution in [-0.4, -0.2) is 53.7 Å². The minimum Gasteiger partial charge on any atom is -0.480 e. The second kappa shape index (κ2) is 8.09. The number of urea groups is 1. The van der Waals surface area contributed by atoms with Crippen LogP contribution < -0.4 is 10.6 Å². The van der Waals surface area contributed by atoms with Gasteiger partial charge in [0.05, 0.1) is 0 Å². The van der Waals surface area contributed by atoms with Crippen molar-refractivity contribution in [1.82, 2.24) is 15.5 Å². The van der Waals surface area contributed by atoms with Gasteiger partial charge in [-0.2, -0.15) is 0 Å². The molecule has 116 valence electrons. The van der Waals surface area contributed by atoms with E-state index in [1.54, 1.807) is 13.8 Å². The molecule has 0 radical (unpaired) electrons. The molecule has 1 saturated heterocycles. The smallest absolute Gasteiger partial charge is 0.326 e. The van der Waals surface area contributed by atoms with Crippen LogP contribution in [0, 0.1) is 5.92 Å². The summed E-state index contributed by atoms with van der Waals surface area (Å²) in [6.07, 6.45) is 2.99. The number of rotatable bonds is 6. The minimum absolute atomic E-state index is 0.135. The van der Waals surface area contributed by atoms with E-state index in [9.17, 15) is 9.59 Å². The maximum Gasteiger partial charge on any atom is 0.326 e. The fourth-order valence-corrected chi connectivity index (χ4v) is 2.50. The lowest BCUT2D eigenvalue weighted by atomic mass is 10.0. The van der Waals surface area contributed by atoms with Gasteiger partial charge in [-0.1, -0.05) is 20.8 Å². The summed E-state index contributed by atoms with van der Waals surface area (Å²) in [6.45, 7) is 8.81. The highest BCUT2D eigenvalue weighted by atomic mass is 16.4. The summed E-state index contributed by atoms with van der Waals surface area (Å²) < 4.78 is 0. The van der Waals surface area contributed by atoms with Crippen LogP contribution in [0.2, 0.25) is 0 Å². The molecular formula is C14H27N3O3. The van der Waals surface area contributed by atoms with Crippen LogP contribution in [0.5, 0.6) is 0 Å². The SMILES string of the molecule is CCCN1CCC(NC(=O)N[C@@H](C(=O)O)C(C)C)CC1. The third-order valence-corrected chi connectivity index (χ3v) is 3.68. The Morgan fingerprint density at radius 2 is 1.90 bits per heavy atom. The zero-order chi connectivity index (χ0) is 15.1. The van der Waals surface area contributed by atoms with Crippen molar-refractivity contribution in [3.05, 3.63) is 0 Å². The van der Waals surface area contributed by atoms with Gasteiger partial charge in [-0.05, 0) is 31.7 Å².